The third kappa shape index (κ3) is 4.72. The summed E-state index contributed by atoms with van der Waals surface area (Å²) in [7, 11) is 0. The van der Waals surface area contributed by atoms with Crippen LogP contribution >= 0.6 is 0 Å². The average Bonchev–Trinajstić information content (AvgIpc) is 2.28. The second-order valence-corrected chi connectivity index (χ2v) is 4.12. The molecule has 0 spiro atoms. The van der Waals surface area contributed by atoms with Gasteiger partial charge in [-0.3, -0.25) is 0 Å². The van der Waals surface area contributed by atoms with Crippen molar-refractivity contribution in [2.45, 2.75) is 33.5 Å². The molecule has 94 valence electrons. The maximum absolute atomic E-state index is 5.58. The van der Waals surface area contributed by atoms with Crippen molar-refractivity contribution in [3.8, 4) is 0 Å². The molecule has 2 heteroatoms. The van der Waals surface area contributed by atoms with Crippen LogP contribution in [0.3, 0.4) is 0 Å². The first-order valence-corrected chi connectivity index (χ1v) is 6.13. The highest BCUT2D eigenvalue weighted by Crippen LogP contribution is 2.21. The van der Waals surface area contributed by atoms with Gasteiger partial charge in [-0.1, -0.05) is 36.4 Å². The van der Waals surface area contributed by atoms with Crippen molar-refractivity contribution in [1.29, 1.82) is 0 Å². The molecule has 0 aromatic heterocycles. The third-order valence-electron chi connectivity index (χ3n) is 2.37. The van der Waals surface area contributed by atoms with E-state index in [1.807, 2.05) is 32.9 Å². The molecular formula is C15H22O2. The fourth-order valence-corrected chi connectivity index (χ4v) is 1.74. The SMILES string of the molecule is C=C(C)Cc1cccc(C(OCC)OCC)c1. The largest absolute Gasteiger partial charge is 0.349 e. The molecule has 0 saturated carbocycles. The van der Waals surface area contributed by atoms with E-state index < -0.39 is 0 Å². The van der Waals surface area contributed by atoms with E-state index in [-0.39, 0.29) is 6.29 Å². The summed E-state index contributed by atoms with van der Waals surface area (Å²) in [6.07, 6.45) is 0.647. The van der Waals surface area contributed by atoms with Gasteiger partial charge in [0.05, 0.1) is 0 Å². The molecular weight excluding hydrogens is 212 g/mol. The minimum Gasteiger partial charge on any atom is -0.349 e. The number of allylic oxidation sites excluding steroid dienone is 1. The fraction of sp³-hybridized carbons (Fsp3) is 0.467. The normalized spacial score (nSPS) is 10.8. The van der Waals surface area contributed by atoms with E-state index in [4.69, 9.17) is 9.47 Å². The van der Waals surface area contributed by atoms with Crippen molar-refractivity contribution >= 4 is 0 Å². The molecule has 0 bridgehead atoms. The van der Waals surface area contributed by atoms with Gasteiger partial charge in [0.2, 0.25) is 0 Å². The first kappa shape index (κ1) is 13.9. The molecule has 0 unspecified atom stereocenters. The third-order valence-corrected chi connectivity index (χ3v) is 2.37. The number of hydrogen-bond acceptors (Lipinski definition) is 2. The van der Waals surface area contributed by atoms with Crippen LogP contribution in [-0.4, -0.2) is 13.2 Å². The van der Waals surface area contributed by atoms with Crippen LogP contribution in [0.2, 0.25) is 0 Å². The number of hydrogen-bond donors (Lipinski definition) is 0. The molecule has 0 aliphatic heterocycles. The lowest BCUT2D eigenvalue weighted by molar-refractivity contribution is -0.140. The minimum atomic E-state index is -0.255. The predicted molar refractivity (Wildman–Crippen MR) is 71.0 cm³/mol. The molecule has 0 fully saturated rings. The van der Waals surface area contributed by atoms with Crippen molar-refractivity contribution in [3.05, 3.63) is 47.5 Å². The number of benzene rings is 1. The van der Waals surface area contributed by atoms with Gasteiger partial charge >= 0.3 is 0 Å². The lowest BCUT2D eigenvalue weighted by atomic mass is 10.0. The summed E-state index contributed by atoms with van der Waals surface area (Å²) in [4.78, 5) is 0. The molecule has 2 nitrogen and oxygen atoms in total. The summed E-state index contributed by atoms with van der Waals surface area (Å²) in [5, 5.41) is 0. The Bertz CT molecular complexity index is 352. The second-order valence-electron chi connectivity index (χ2n) is 4.12. The molecule has 17 heavy (non-hydrogen) atoms. The van der Waals surface area contributed by atoms with E-state index in [1.165, 1.54) is 5.56 Å². The average molecular weight is 234 g/mol. The van der Waals surface area contributed by atoms with E-state index in [2.05, 4.69) is 18.7 Å². The second kappa shape index (κ2) is 7.25. The van der Waals surface area contributed by atoms with Gasteiger partial charge in [-0.2, -0.15) is 0 Å². The molecule has 1 rings (SSSR count). The first-order chi connectivity index (χ1) is 8.17. The highest BCUT2D eigenvalue weighted by atomic mass is 16.7. The maximum Gasteiger partial charge on any atom is 0.183 e. The van der Waals surface area contributed by atoms with Crippen molar-refractivity contribution in [1.82, 2.24) is 0 Å². The summed E-state index contributed by atoms with van der Waals surface area (Å²) < 4.78 is 11.2. The van der Waals surface area contributed by atoms with Crippen LogP contribution in [0.1, 0.15) is 38.2 Å². The van der Waals surface area contributed by atoms with E-state index in [9.17, 15) is 0 Å². The van der Waals surface area contributed by atoms with Crippen LogP contribution < -0.4 is 0 Å². The molecule has 0 aliphatic carbocycles. The van der Waals surface area contributed by atoms with Crippen molar-refractivity contribution in [3.63, 3.8) is 0 Å². The van der Waals surface area contributed by atoms with E-state index in [0.717, 1.165) is 17.6 Å². The van der Waals surface area contributed by atoms with Crippen LogP contribution in [0.25, 0.3) is 0 Å². The molecule has 0 radical (unpaired) electrons. The van der Waals surface area contributed by atoms with Gasteiger partial charge in [0.15, 0.2) is 6.29 Å². The Kier molecular flexibility index (Phi) is 5.95. The van der Waals surface area contributed by atoms with Gasteiger partial charge in [0.25, 0.3) is 0 Å². The summed E-state index contributed by atoms with van der Waals surface area (Å²) >= 11 is 0. The first-order valence-electron chi connectivity index (χ1n) is 6.13. The molecule has 0 saturated heterocycles. The van der Waals surface area contributed by atoms with E-state index >= 15 is 0 Å². The Balaban J connectivity index is 2.83. The van der Waals surface area contributed by atoms with Gasteiger partial charge in [-0.05, 0) is 32.8 Å². The smallest absolute Gasteiger partial charge is 0.183 e. The van der Waals surface area contributed by atoms with Crippen LogP contribution in [0.5, 0.6) is 0 Å². The monoisotopic (exact) mass is 234 g/mol. The minimum absolute atomic E-state index is 0.255. The number of ether oxygens (including phenoxy) is 2. The Morgan fingerprint density at radius 3 is 2.41 bits per heavy atom. The highest BCUT2D eigenvalue weighted by Gasteiger charge is 2.11. The zero-order valence-electron chi connectivity index (χ0n) is 11.0. The Labute approximate surface area is 104 Å². The molecule has 0 N–H and O–H groups in total. The number of rotatable bonds is 7. The molecule has 0 atom stereocenters. The zero-order chi connectivity index (χ0) is 12.7. The van der Waals surface area contributed by atoms with E-state index in [1.54, 1.807) is 0 Å². The Hall–Kier alpha value is -1.12. The summed E-state index contributed by atoms with van der Waals surface area (Å²) in [6.45, 7) is 11.2. The fourth-order valence-electron chi connectivity index (χ4n) is 1.74. The van der Waals surface area contributed by atoms with Crippen LogP contribution in [0, 0.1) is 0 Å². The van der Waals surface area contributed by atoms with Crippen molar-refractivity contribution < 1.29 is 9.47 Å². The maximum atomic E-state index is 5.58. The van der Waals surface area contributed by atoms with Gasteiger partial charge in [0, 0.05) is 18.8 Å². The highest BCUT2D eigenvalue weighted by molar-refractivity contribution is 5.27. The van der Waals surface area contributed by atoms with Crippen LogP contribution in [0.15, 0.2) is 36.4 Å². The standard InChI is InChI=1S/C15H22O2/c1-5-16-15(17-6-2)14-9-7-8-13(11-14)10-12(3)4/h7-9,11,15H,3,5-6,10H2,1-2,4H3. The van der Waals surface area contributed by atoms with Crippen LogP contribution in [0.4, 0.5) is 0 Å². The summed E-state index contributed by atoms with van der Waals surface area (Å²) in [5.74, 6) is 0. The lowest BCUT2D eigenvalue weighted by Crippen LogP contribution is -2.09. The van der Waals surface area contributed by atoms with Gasteiger partial charge in [-0.25, -0.2) is 0 Å². The van der Waals surface area contributed by atoms with Crippen molar-refractivity contribution in [2.24, 2.45) is 0 Å². The van der Waals surface area contributed by atoms with Crippen molar-refractivity contribution in [2.75, 3.05) is 13.2 Å². The lowest BCUT2D eigenvalue weighted by Gasteiger charge is -2.18. The summed E-state index contributed by atoms with van der Waals surface area (Å²) in [6, 6.07) is 8.31. The zero-order valence-corrected chi connectivity index (χ0v) is 11.0. The molecule has 0 amide bonds. The molecule has 0 heterocycles. The topological polar surface area (TPSA) is 18.5 Å². The molecule has 0 aliphatic rings. The quantitative estimate of drug-likeness (QED) is 0.526. The summed E-state index contributed by atoms with van der Waals surface area (Å²) in [5.41, 5.74) is 3.48. The van der Waals surface area contributed by atoms with Gasteiger partial charge < -0.3 is 9.47 Å². The molecule has 1 aromatic rings. The molecule has 1 aromatic carbocycles. The van der Waals surface area contributed by atoms with Gasteiger partial charge in [-0.15, -0.1) is 0 Å². The van der Waals surface area contributed by atoms with E-state index in [0.29, 0.717) is 13.2 Å². The Morgan fingerprint density at radius 1 is 1.24 bits per heavy atom. The Morgan fingerprint density at radius 2 is 1.88 bits per heavy atom. The van der Waals surface area contributed by atoms with Gasteiger partial charge in [0.1, 0.15) is 0 Å². The van der Waals surface area contributed by atoms with Crippen LogP contribution in [-0.2, 0) is 15.9 Å². The predicted octanol–water partition coefficient (Wildman–Crippen LogP) is 3.88.